The SMILES string of the molecule is CSc1ccc(Cc2ccc(C=O)o2)cc1. The third-order valence-corrected chi connectivity index (χ3v) is 3.08. The Labute approximate surface area is 98.7 Å². The van der Waals surface area contributed by atoms with Gasteiger partial charge in [-0.05, 0) is 36.1 Å². The van der Waals surface area contributed by atoms with Gasteiger partial charge in [-0.2, -0.15) is 0 Å². The van der Waals surface area contributed by atoms with Gasteiger partial charge in [0.25, 0.3) is 0 Å². The predicted octanol–water partition coefficient (Wildman–Crippen LogP) is 3.40. The van der Waals surface area contributed by atoms with E-state index in [1.807, 2.05) is 6.07 Å². The zero-order chi connectivity index (χ0) is 11.4. The minimum Gasteiger partial charge on any atom is -0.458 e. The van der Waals surface area contributed by atoms with Crippen molar-refractivity contribution in [1.82, 2.24) is 0 Å². The van der Waals surface area contributed by atoms with Crippen LogP contribution in [0.3, 0.4) is 0 Å². The minimum absolute atomic E-state index is 0.385. The molecule has 2 aromatic rings. The lowest BCUT2D eigenvalue weighted by Crippen LogP contribution is -1.85. The molecule has 0 atom stereocenters. The minimum atomic E-state index is 0.385. The zero-order valence-corrected chi connectivity index (χ0v) is 9.79. The molecule has 0 saturated carbocycles. The Kier molecular flexibility index (Phi) is 3.47. The molecule has 0 aliphatic carbocycles. The number of carbonyl (C=O) groups excluding carboxylic acids is 1. The monoisotopic (exact) mass is 232 g/mol. The highest BCUT2D eigenvalue weighted by atomic mass is 32.2. The van der Waals surface area contributed by atoms with Gasteiger partial charge in [0.15, 0.2) is 12.0 Å². The molecule has 0 N–H and O–H groups in total. The highest BCUT2D eigenvalue weighted by molar-refractivity contribution is 7.98. The smallest absolute Gasteiger partial charge is 0.185 e. The number of thioether (sulfide) groups is 1. The molecule has 0 unspecified atom stereocenters. The van der Waals surface area contributed by atoms with Crippen molar-refractivity contribution in [2.24, 2.45) is 0 Å². The van der Waals surface area contributed by atoms with Crippen molar-refractivity contribution < 1.29 is 9.21 Å². The first kappa shape index (κ1) is 11.0. The van der Waals surface area contributed by atoms with Gasteiger partial charge in [-0.25, -0.2) is 0 Å². The Morgan fingerprint density at radius 2 is 1.94 bits per heavy atom. The van der Waals surface area contributed by atoms with E-state index in [-0.39, 0.29) is 0 Å². The summed E-state index contributed by atoms with van der Waals surface area (Å²) in [5.74, 6) is 1.20. The summed E-state index contributed by atoms with van der Waals surface area (Å²) in [7, 11) is 0. The third-order valence-electron chi connectivity index (χ3n) is 2.34. The molecule has 82 valence electrons. The van der Waals surface area contributed by atoms with Crippen LogP contribution in [0.4, 0.5) is 0 Å². The number of hydrogen-bond donors (Lipinski definition) is 0. The summed E-state index contributed by atoms with van der Waals surface area (Å²) in [5, 5.41) is 0. The van der Waals surface area contributed by atoms with E-state index >= 15 is 0 Å². The van der Waals surface area contributed by atoms with Crippen LogP contribution in [0.1, 0.15) is 21.9 Å². The van der Waals surface area contributed by atoms with Gasteiger partial charge in [-0.3, -0.25) is 4.79 Å². The summed E-state index contributed by atoms with van der Waals surface area (Å²) in [6.07, 6.45) is 3.50. The van der Waals surface area contributed by atoms with E-state index in [4.69, 9.17) is 4.42 Å². The van der Waals surface area contributed by atoms with E-state index in [0.29, 0.717) is 5.76 Å². The molecule has 3 heteroatoms. The van der Waals surface area contributed by atoms with Gasteiger partial charge in [0.05, 0.1) is 0 Å². The Morgan fingerprint density at radius 1 is 1.19 bits per heavy atom. The molecule has 1 heterocycles. The van der Waals surface area contributed by atoms with Gasteiger partial charge >= 0.3 is 0 Å². The van der Waals surface area contributed by atoms with Crippen LogP contribution < -0.4 is 0 Å². The highest BCUT2D eigenvalue weighted by Crippen LogP contribution is 2.17. The molecular formula is C13H12O2S. The Morgan fingerprint density at radius 3 is 2.50 bits per heavy atom. The van der Waals surface area contributed by atoms with Gasteiger partial charge in [0.1, 0.15) is 5.76 Å². The van der Waals surface area contributed by atoms with E-state index in [9.17, 15) is 4.79 Å². The van der Waals surface area contributed by atoms with Crippen LogP contribution >= 0.6 is 11.8 Å². The van der Waals surface area contributed by atoms with Gasteiger partial charge in [0.2, 0.25) is 0 Å². The summed E-state index contributed by atoms with van der Waals surface area (Å²) in [4.78, 5) is 11.7. The van der Waals surface area contributed by atoms with Crippen LogP contribution in [0.15, 0.2) is 45.7 Å². The lowest BCUT2D eigenvalue weighted by Gasteiger charge is -2.00. The average Bonchev–Trinajstić information content (AvgIpc) is 2.78. The van der Waals surface area contributed by atoms with Gasteiger partial charge < -0.3 is 4.42 Å². The lowest BCUT2D eigenvalue weighted by atomic mass is 10.1. The Bertz CT molecular complexity index is 471. The molecular weight excluding hydrogens is 220 g/mol. The van der Waals surface area contributed by atoms with Crippen molar-refractivity contribution in [2.75, 3.05) is 6.26 Å². The summed E-state index contributed by atoms with van der Waals surface area (Å²) in [6, 6.07) is 11.9. The van der Waals surface area contributed by atoms with E-state index in [1.54, 1.807) is 17.8 Å². The van der Waals surface area contributed by atoms with Crippen LogP contribution in [0.25, 0.3) is 0 Å². The number of hydrogen-bond acceptors (Lipinski definition) is 3. The molecule has 0 amide bonds. The van der Waals surface area contributed by atoms with Gasteiger partial charge in [-0.1, -0.05) is 12.1 Å². The van der Waals surface area contributed by atoms with Crippen LogP contribution in [0, 0.1) is 0 Å². The summed E-state index contributed by atoms with van der Waals surface area (Å²) >= 11 is 1.72. The quantitative estimate of drug-likeness (QED) is 0.597. The second kappa shape index (κ2) is 5.03. The van der Waals surface area contributed by atoms with Gasteiger partial charge in [0, 0.05) is 11.3 Å². The normalized spacial score (nSPS) is 10.3. The highest BCUT2D eigenvalue weighted by Gasteiger charge is 2.02. The fourth-order valence-corrected chi connectivity index (χ4v) is 1.91. The molecule has 0 bridgehead atoms. The van der Waals surface area contributed by atoms with E-state index in [0.717, 1.165) is 18.5 Å². The molecule has 0 saturated heterocycles. The number of aldehydes is 1. The van der Waals surface area contributed by atoms with Crippen molar-refractivity contribution in [1.29, 1.82) is 0 Å². The first-order valence-electron chi connectivity index (χ1n) is 4.98. The van der Waals surface area contributed by atoms with Crippen molar-refractivity contribution in [3.8, 4) is 0 Å². The topological polar surface area (TPSA) is 30.2 Å². The number of carbonyl (C=O) groups is 1. The molecule has 1 aromatic heterocycles. The molecule has 0 aliphatic rings. The number of benzene rings is 1. The third kappa shape index (κ3) is 2.55. The Hall–Kier alpha value is -1.48. The van der Waals surface area contributed by atoms with E-state index in [2.05, 4.69) is 30.5 Å². The van der Waals surface area contributed by atoms with Gasteiger partial charge in [-0.15, -0.1) is 11.8 Å². The summed E-state index contributed by atoms with van der Waals surface area (Å²) in [6.45, 7) is 0. The second-order valence-corrected chi connectivity index (χ2v) is 4.33. The first-order chi connectivity index (χ1) is 7.81. The maximum absolute atomic E-state index is 10.5. The van der Waals surface area contributed by atoms with Crippen LogP contribution in [-0.2, 0) is 6.42 Å². The van der Waals surface area contributed by atoms with E-state index in [1.165, 1.54) is 10.5 Å². The van der Waals surface area contributed by atoms with Crippen molar-refractivity contribution in [3.63, 3.8) is 0 Å². The second-order valence-electron chi connectivity index (χ2n) is 3.45. The summed E-state index contributed by atoms with van der Waals surface area (Å²) < 4.78 is 5.32. The number of rotatable bonds is 4. The van der Waals surface area contributed by atoms with Crippen molar-refractivity contribution in [2.45, 2.75) is 11.3 Å². The van der Waals surface area contributed by atoms with Crippen molar-refractivity contribution >= 4 is 18.0 Å². The van der Waals surface area contributed by atoms with Crippen LogP contribution in [0.2, 0.25) is 0 Å². The largest absolute Gasteiger partial charge is 0.458 e. The zero-order valence-electron chi connectivity index (χ0n) is 8.97. The molecule has 1 aromatic carbocycles. The molecule has 0 aliphatic heterocycles. The molecule has 0 fully saturated rings. The molecule has 0 spiro atoms. The molecule has 2 nitrogen and oxygen atoms in total. The van der Waals surface area contributed by atoms with E-state index < -0.39 is 0 Å². The first-order valence-corrected chi connectivity index (χ1v) is 6.21. The summed E-state index contributed by atoms with van der Waals surface area (Å²) in [5.41, 5.74) is 1.18. The molecule has 16 heavy (non-hydrogen) atoms. The van der Waals surface area contributed by atoms with Crippen molar-refractivity contribution in [3.05, 3.63) is 53.5 Å². The van der Waals surface area contributed by atoms with Crippen LogP contribution in [-0.4, -0.2) is 12.5 Å². The fraction of sp³-hybridized carbons (Fsp3) is 0.154. The average molecular weight is 232 g/mol. The standard InChI is InChI=1S/C13H12O2S/c1-16-13-6-2-10(3-7-13)8-11-4-5-12(9-14)15-11/h2-7,9H,8H2,1H3. The van der Waals surface area contributed by atoms with Crippen LogP contribution in [0.5, 0.6) is 0 Å². The number of furan rings is 1. The molecule has 2 rings (SSSR count). The maximum Gasteiger partial charge on any atom is 0.185 e. The fourth-order valence-electron chi connectivity index (χ4n) is 1.50. The maximum atomic E-state index is 10.5. The molecule has 0 radical (unpaired) electrons. The predicted molar refractivity (Wildman–Crippen MR) is 65.1 cm³/mol. The Balaban J connectivity index is 2.10. The lowest BCUT2D eigenvalue weighted by molar-refractivity contribution is 0.109.